The average Bonchev–Trinajstić information content (AvgIpc) is 3.32. The molecule has 7 nitrogen and oxygen atoms in total. The first-order valence-corrected chi connectivity index (χ1v) is 8.76. The molecule has 4 aromatic rings. The third-order valence-corrected chi connectivity index (χ3v) is 4.52. The first kappa shape index (κ1) is 16.4. The van der Waals surface area contributed by atoms with Crippen LogP contribution in [0.15, 0.2) is 60.9 Å². The maximum Gasteiger partial charge on any atom is 0.277 e. The number of rotatable bonds is 4. The maximum absolute atomic E-state index is 12.4. The van der Waals surface area contributed by atoms with Crippen LogP contribution in [0.4, 0.5) is 5.13 Å². The van der Waals surface area contributed by atoms with Gasteiger partial charge in [0, 0.05) is 17.4 Å². The Kier molecular flexibility index (Phi) is 4.42. The van der Waals surface area contributed by atoms with Gasteiger partial charge in [-0.15, -0.1) is 10.2 Å². The van der Waals surface area contributed by atoms with Crippen molar-refractivity contribution in [3.8, 4) is 16.4 Å². The van der Waals surface area contributed by atoms with E-state index >= 15 is 0 Å². The van der Waals surface area contributed by atoms with Crippen LogP contribution in [-0.2, 0) is 0 Å². The monoisotopic (exact) mass is 382 g/mol. The highest BCUT2D eigenvalue weighted by Gasteiger charge is 2.14. The first-order valence-electron chi connectivity index (χ1n) is 7.57. The molecule has 3 aromatic heterocycles. The van der Waals surface area contributed by atoms with Gasteiger partial charge in [0.05, 0.1) is 5.69 Å². The number of aromatic nitrogens is 5. The van der Waals surface area contributed by atoms with Crippen LogP contribution in [0.25, 0.3) is 16.4 Å². The van der Waals surface area contributed by atoms with Crippen LogP contribution in [0.2, 0.25) is 5.02 Å². The van der Waals surface area contributed by atoms with E-state index in [1.54, 1.807) is 35.3 Å². The number of nitrogens with one attached hydrogen (secondary N) is 1. The molecule has 0 saturated heterocycles. The van der Waals surface area contributed by atoms with Crippen LogP contribution in [0, 0.1) is 0 Å². The molecule has 0 saturated carbocycles. The normalized spacial score (nSPS) is 10.7. The van der Waals surface area contributed by atoms with Crippen molar-refractivity contribution in [3.63, 3.8) is 0 Å². The molecule has 0 radical (unpaired) electrons. The molecular formula is C17H11ClN6OS. The smallest absolute Gasteiger partial charge is 0.277 e. The average molecular weight is 383 g/mol. The van der Waals surface area contributed by atoms with Crippen molar-refractivity contribution < 1.29 is 4.79 Å². The summed E-state index contributed by atoms with van der Waals surface area (Å²) in [5.74, 6) is -0.366. The standard InChI is InChI=1S/C17H11ClN6OS/c18-11-4-3-5-12(10-11)24-9-7-13(23-24)15(25)20-17-22-21-16(26-17)14-6-1-2-8-19-14/h1-10H,(H,20,22,25). The molecule has 128 valence electrons. The lowest BCUT2D eigenvalue weighted by Gasteiger charge is -2.01. The van der Waals surface area contributed by atoms with Crippen LogP contribution < -0.4 is 5.32 Å². The Morgan fingerprint density at radius 3 is 2.85 bits per heavy atom. The molecule has 0 aliphatic carbocycles. The second-order valence-electron chi connectivity index (χ2n) is 5.21. The zero-order valence-corrected chi connectivity index (χ0v) is 14.8. The minimum Gasteiger partial charge on any atom is -0.295 e. The number of carbonyl (C=O) groups excluding carboxylic acids is 1. The number of carbonyl (C=O) groups is 1. The summed E-state index contributed by atoms with van der Waals surface area (Å²) in [7, 11) is 0. The molecular weight excluding hydrogens is 372 g/mol. The van der Waals surface area contributed by atoms with Gasteiger partial charge < -0.3 is 0 Å². The summed E-state index contributed by atoms with van der Waals surface area (Å²) >= 11 is 7.23. The second kappa shape index (κ2) is 7.03. The van der Waals surface area contributed by atoms with E-state index in [0.717, 1.165) is 5.69 Å². The summed E-state index contributed by atoms with van der Waals surface area (Å²) in [5.41, 5.74) is 1.74. The summed E-state index contributed by atoms with van der Waals surface area (Å²) in [6, 6.07) is 14.4. The number of hydrogen-bond acceptors (Lipinski definition) is 6. The molecule has 26 heavy (non-hydrogen) atoms. The lowest BCUT2D eigenvalue weighted by Crippen LogP contribution is -2.13. The molecule has 0 unspecified atom stereocenters. The van der Waals surface area contributed by atoms with Crippen LogP contribution in [0.5, 0.6) is 0 Å². The van der Waals surface area contributed by atoms with E-state index in [4.69, 9.17) is 11.6 Å². The Balaban J connectivity index is 1.50. The fourth-order valence-corrected chi connectivity index (χ4v) is 3.14. The Hall–Kier alpha value is -3.10. The van der Waals surface area contributed by atoms with Crippen molar-refractivity contribution in [2.24, 2.45) is 0 Å². The third kappa shape index (κ3) is 3.46. The lowest BCUT2D eigenvalue weighted by atomic mass is 10.3. The molecule has 1 N–H and O–H groups in total. The highest BCUT2D eigenvalue weighted by molar-refractivity contribution is 7.18. The number of nitrogens with zero attached hydrogens (tertiary/aromatic N) is 5. The number of pyridine rings is 1. The minimum atomic E-state index is -0.366. The van der Waals surface area contributed by atoms with Crippen molar-refractivity contribution in [3.05, 3.63) is 71.6 Å². The topological polar surface area (TPSA) is 85.6 Å². The molecule has 3 heterocycles. The Bertz CT molecular complexity index is 1060. The molecule has 9 heteroatoms. The number of benzene rings is 1. The van der Waals surface area contributed by atoms with Crippen LogP contribution >= 0.6 is 22.9 Å². The van der Waals surface area contributed by atoms with Gasteiger partial charge in [0.25, 0.3) is 5.91 Å². The number of amides is 1. The molecule has 4 rings (SSSR count). The Morgan fingerprint density at radius 2 is 2.04 bits per heavy atom. The maximum atomic E-state index is 12.4. The molecule has 0 spiro atoms. The van der Waals surface area contributed by atoms with E-state index in [1.165, 1.54) is 11.3 Å². The molecule has 0 fully saturated rings. The molecule has 0 bridgehead atoms. The summed E-state index contributed by atoms with van der Waals surface area (Å²) in [6.45, 7) is 0. The van der Waals surface area contributed by atoms with Gasteiger partial charge in [-0.2, -0.15) is 5.10 Å². The van der Waals surface area contributed by atoms with E-state index in [9.17, 15) is 4.79 Å². The zero-order chi connectivity index (χ0) is 17.9. The van der Waals surface area contributed by atoms with Crippen LogP contribution in [0.1, 0.15) is 10.5 Å². The van der Waals surface area contributed by atoms with Gasteiger partial charge in [0.1, 0.15) is 5.69 Å². The van der Waals surface area contributed by atoms with Crippen LogP contribution in [0.3, 0.4) is 0 Å². The van der Waals surface area contributed by atoms with E-state index in [0.29, 0.717) is 20.9 Å². The van der Waals surface area contributed by atoms with Crippen LogP contribution in [-0.4, -0.2) is 30.9 Å². The third-order valence-electron chi connectivity index (χ3n) is 3.42. The van der Waals surface area contributed by atoms with Crippen molar-refractivity contribution in [2.75, 3.05) is 5.32 Å². The fourth-order valence-electron chi connectivity index (χ4n) is 2.24. The largest absolute Gasteiger partial charge is 0.295 e. The van der Waals surface area contributed by atoms with Gasteiger partial charge in [0.2, 0.25) is 5.13 Å². The first-order chi connectivity index (χ1) is 12.7. The zero-order valence-electron chi connectivity index (χ0n) is 13.2. The molecule has 0 atom stereocenters. The van der Waals surface area contributed by atoms with Gasteiger partial charge in [-0.3, -0.25) is 15.1 Å². The fraction of sp³-hybridized carbons (Fsp3) is 0. The summed E-state index contributed by atoms with van der Waals surface area (Å²) in [5, 5.41) is 16.6. The van der Waals surface area contributed by atoms with E-state index in [2.05, 4.69) is 25.6 Å². The van der Waals surface area contributed by atoms with Gasteiger partial charge in [-0.05, 0) is 36.4 Å². The highest BCUT2D eigenvalue weighted by Crippen LogP contribution is 2.24. The quantitative estimate of drug-likeness (QED) is 0.581. The lowest BCUT2D eigenvalue weighted by molar-refractivity contribution is 0.102. The Morgan fingerprint density at radius 1 is 1.12 bits per heavy atom. The van der Waals surface area contributed by atoms with Gasteiger partial charge >= 0.3 is 0 Å². The molecule has 1 aromatic carbocycles. The summed E-state index contributed by atoms with van der Waals surface area (Å²) in [6.07, 6.45) is 3.37. The van der Waals surface area contributed by atoms with Gasteiger partial charge in [-0.1, -0.05) is 35.1 Å². The molecule has 0 aliphatic rings. The summed E-state index contributed by atoms with van der Waals surface area (Å²) in [4.78, 5) is 16.6. The SMILES string of the molecule is O=C(Nc1nnc(-c2ccccn2)s1)c1ccn(-c2cccc(Cl)c2)n1. The number of anilines is 1. The molecule has 1 amide bonds. The van der Waals surface area contributed by atoms with E-state index in [1.807, 2.05) is 30.3 Å². The number of hydrogen-bond donors (Lipinski definition) is 1. The minimum absolute atomic E-state index is 0.263. The molecule has 0 aliphatic heterocycles. The van der Waals surface area contributed by atoms with E-state index in [-0.39, 0.29) is 11.6 Å². The number of halogens is 1. The predicted molar refractivity (Wildman–Crippen MR) is 99.7 cm³/mol. The highest BCUT2D eigenvalue weighted by atomic mass is 35.5. The van der Waals surface area contributed by atoms with Crippen molar-refractivity contribution in [1.82, 2.24) is 25.0 Å². The van der Waals surface area contributed by atoms with Crippen molar-refractivity contribution in [2.45, 2.75) is 0 Å². The van der Waals surface area contributed by atoms with Gasteiger partial charge in [-0.25, -0.2) is 4.68 Å². The van der Waals surface area contributed by atoms with Gasteiger partial charge in [0.15, 0.2) is 10.7 Å². The second-order valence-corrected chi connectivity index (χ2v) is 6.62. The Labute approximate surface area is 157 Å². The van der Waals surface area contributed by atoms with Crippen molar-refractivity contribution >= 4 is 34.0 Å². The predicted octanol–water partition coefficient (Wildman–Crippen LogP) is 3.69. The van der Waals surface area contributed by atoms with E-state index < -0.39 is 0 Å². The van der Waals surface area contributed by atoms with Crippen molar-refractivity contribution in [1.29, 1.82) is 0 Å². The summed E-state index contributed by atoms with van der Waals surface area (Å²) < 4.78 is 1.58.